The summed E-state index contributed by atoms with van der Waals surface area (Å²) in [6.45, 7) is 4.47. The lowest BCUT2D eigenvalue weighted by atomic mass is 9.87. The average Bonchev–Trinajstić information content (AvgIpc) is 3.14. The van der Waals surface area contributed by atoms with E-state index < -0.39 is 12.1 Å². The number of ether oxygens (including phenoxy) is 2. The SMILES string of the molecule is CCCCOC(=O)NCc1c(-c2ccc(OC3CCCC(C(=O)O)C3)c(C)n2)nnn1C. The van der Waals surface area contributed by atoms with Crippen LogP contribution in [0.1, 0.15) is 56.8 Å². The van der Waals surface area contributed by atoms with Gasteiger partial charge in [-0.25, -0.2) is 14.5 Å². The molecule has 3 rings (SSSR count). The summed E-state index contributed by atoms with van der Waals surface area (Å²) in [4.78, 5) is 27.8. The molecule has 1 fully saturated rings. The number of carbonyl (C=O) groups excluding carboxylic acids is 1. The van der Waals surface area contributed by atoms with Crippen molar-refractivity contribution in [3.63, 3.8) is 0 Å². The lowest BCUT2D eigenvalue weighted by molar-refractivity contribution is -0.143. The molecule has 0 spiro atoms. The summed E-state index contributed by atoms with van der Waals surface area (Å²) in [5, 5.41) is 20.3. The Kier molecular flexibility index (Phi) is 8.02. The first-order valence-electron chi connectivity index (χ1n) is 11.1. The van der Waals surface area contributed by atoms with Crippen molar-refractivity contribution >= 4 is 12.1 Å². The highest BCUT2D eigenvalue weighted by molar-refractivity contribution is 5.70. The summed E-state index contributed by atoms with van der Waals surface area (Å²) >= 11 is 0. The maximum absolute atomic E-state index is 11.9. The maximum Gasteiger partial charge on any atom is 0.407 e. The summed E-state index contributed by atoms with van der Waals surface area (Å²) in [5.41, 5.74) is 2.57. The lowest BCUT2D eigenvalue weighted by Gasteiger charge is -2.27. The Morgan fingerprint density at radius 1 is 1.31 bits per heavy atom. The summed E-state index contributed by atoms with van der Waals surface area (Å²) in [6.07, 6.45) is 4.03. The van der Waals surface area contributed by atoms with E-state index >= 15 is 0 Å². The molecule has 0 saturated heterocycles. The Labute approximate surface area is 187 Å². The highest BCUT2D eigenvalue weighted by Crippen LogP contribution is 2.30. The summed E-state index contributed by atoms with van der Waals surface area (Å²) in [7, 11) is 1.75. The van der Waals surface area contributed by atoms with E-state index in [-0.39, 0.29) is 18.6 Å². The van der Waals surface area contributed by atoms with Crippen molar-refractivity contribution in [3.05, 3.63) is 23.5 Å². The largest absolute Gasteiger partial charge is 0.489 e. The molecule has 2 unspecified atom stereocenters. The summed E-state index contributed by atoms with van der Waals surface area (Å²) < 4.78 is 12.8. The second kappa shape index (κ2) is 10.9. The normalized spacial score (nSPS) is 18.2. The number of pyridine rings is 1. The Balaban J connectivity index is 1.67. The summed E-state index contributed by atoms with van der Waals surface area (Å²) in [5.74, 6) is -0.487. The highest BCUT2D eigenvalue weighted by Gasteiger charge is 2.28. The van der Waals surface area contributed by atoms with Crippen molar-refractivity contribution in [3.8, 4) is 17.1 Å². The van der Waals surface area contributed by atoms with Gasteiger partial charge in [-0.3, -0.25) is 4.79 Å². The number of aryl methyl sites for hydroxylation is 2. The molecule has 10 heteroatoms. The molecule has 2 aromatic heterocycles. The molecule has 1 aliphatic rings. The molecule has 174 valence electrons. The maximum atomic E-state index is 11.9. The third kappa shape index (κ3) is 5.95. The van der Waals surface area contributed by atoms with Gasteiger partial charge in [-0.2, -0.15) is 0 Å². The van der Waals surface area contributed by atoms with Gasteiger partial charge in [-0.15, -0.1) is 5.10 Å². The minimum atomic E-state index is -0.762. The van der Waals surface area contributed by atoms with Gasteiger partial charge in [0.05, 0.1) is 42.3 Å². The second-order valence-corrected chi connectivity index (χ2v) is 8.07. The molecule has 10 nitrogen and oxygen atoms in total. The van der Waals surface area contributed by atoms with Crippen LogP contribution in [0, 0.1) is 12.8 Å². The number of hydrogen-bond acceptors (Lipinski definition) is 7. The fourth-order valence-electron chi connectivity index (χ4n) is 3.75. The first kappa shape index (κ1) is 23.5. The molecule has 1 amide bonds. The number of nitrogens with one attached hydrogen (secondary N) is 1. The van der Waals surface area contributed by atoms with Crippen LogP contribution in [-0.2, 0) is 23.1 Å². The number of nitrogens with zero attached hydrogens (tertiary/aromatic N) is 4. The number of carbonyl (C=O) groups is 2. The fourth-order valence-corrected chi connectivity index (χ4v) is 3.75. The van der Waals surface area contributed by atoms with Crippen LogP contribution in [0.15, 0.2) is 12.1 Å². The quantitative estimate of drug-likeness (QED) is 0.563. The number of amides is 1. The van der Waals surface area contributed by atoms with Crippen LogP contribution in [0.2, 0.25) is 0 Å². The Morgan fingerprint density at radius 2 is 2.12 bits per heavy atom. The number of hydrogen-bond donors (Lipinski definition) is 2. The Bertz CT molecular complexity index is 945. The first-order chi connectivity index (χ1) is 15.4. The number of unbranched alkanes of at least 4 members (excludes halogenated alkanes) is 1. The third-order valence-corrected chi connectivity index (χ3v) is 5.62. The molecule has 1 saturated carbocycles. The average molecular weight is 446 g/mol. The van der Waals surface area contributed by atoms with E-state index in [2.05, 4.69) is 20.6 Å². The van der Waals surface area contributed by atoms with Gasteiger partial charge in [0.25, 0.3) is 0 Å². The number of aliphatic carboxylic acids is 1. The predicted molar refractivity (Wildman–Crippen MR) is 116 cm³/mol. The van der Waals surface area contributed by atoms with E-state index in [4.69, 9.17) is 9.47 Å². The van der Waals surface area contributed by atoms with Crippen molar-refractivity contribution < 1.29 is 24.2 Å². The van der Waals surface area contributed by atoms with Gasteiger partial charge in [0.1, 0.15) is 11.4 Å². The molecular weight excluding hydrogens is 414 g/mol. The number of alkyl carbamates (subject to hydrolysis) is 1. The van der Waals surface area contributed by atoms with E-state index in [1.54, 1.807) is 17.8 Å². The van der Waals surface area contributed by atoms with Gasteiger partial charge < -0.3 is 19.9 Å². The standard InChI is InChI=1S/C22H31N5O5/c1-4-5-11-31-22(30)23-13-18-20(25-26-27(18)3)17-9-10-19(14(2)24-17)32-16-8-6-7-15(12-16)21(28)29/h9-10,15-16H,4-8,11-13H2,1-3H3,(H,23,30)(H,28,29). The first-order valence-corrected chi connectivity index (χ1v) is 11.1. The molecule has 0 bridgehead atoms. The topological polar surface area (TPSA) is 128 Å². The van der Waals surface area contributed by atoms with Gasteiger partial charge in [0.2, 0.25) is 0 Å². The zero-order chi connectivity index (χ0) is 23.1. The van der Waals surface area contributed by atoms with Crippen LogP contribution in [0.25, 0.3) is 11.4 Å². The summed E-state index contributed by atoms with van der Waals surface area (Å²) in [6, 6.07) is 3.62. The van der Waals surface area contributed by atoms with Crippen molar-refractivity contribution in [2.75, 3.05) is 6.61 Å². The van der Waals surface area contributed by atoms with Crippen LogP contribution in [-0.4, -0.2) is 49.9 Å². The van der Waals surface area contributed by atoms with Crippen molar-refractivity contribution in [2.45, 2.75) is 65.0 Å². The lowest BCUT2D eigenvalue weighted by Crippen LogP contribution is -2.29. The Morgan fingerprint density at radius 3 is 2.84 bits per heavy atom. The molecule has 2 atom stereocenters. The van der Waals surface area contributed by atoms with Crippen molar-refractivity contribution in [1.82, 2.24) is 25.3 Å². The van der Waals surface area contributed by atoms with Gasteiger partial charge in [0, 0.05) is 7.05 Å². The monoisotopic (exact) mass is 445 g/mol. The predicted octanol–water partition coefficient (Wildman–Crippen LogP) is 3.23. The molecule has 0 aliphatic heterocycles. The van der Waals surface area contributed by atoms with Crippen molar-refractivity contribution in [1.29, 1.82) is 0 Å². The van der Waals surface area contributed by atoms with Gasteiger partial charge in [0.15, 0.2) is 0 Å². The van der Waals surface area contributed by atoms with Crippen LogP contribution in [0.3, 0.4) is 0 Å². The molecule has 0 aromatic carbocycles. The smallest absolute Gasteiger partial charge is 0.407 e. The molecule has 2 heterocycles. The molecular formula is C22H31N5O5. The van der Waals surface area contributed by atoms with E-state index in [9.17, 15) is 14.7 Å². The third-order valence-electron chi connectivity index (χ3n) is 5.62. The molecule has 2 N–H and O–H groups in total. The molecule has 32 heavy (non-hydrogen) atoms. The second-order valence-electron chi connectivity index (χ2n) is 8.07. The van der Waals surface area contributed by atoms with Gasteiger partial charge in [-0.05, 0) is 51.2 Å². The minimum Gasteiger partial charge on any atom is -0.489 e. The Hall–Kier alpha value is -3.17. The van der Waals surface area contributed by atoms with E-state index in [1.807, 2.05) is 19.9 Å². The van der Waals surface area contributed by atoms with E-state index in [1.165, 1.54) is 0 Å². The number of carboxylic acid groups (broad SMARTS) is 1. The fraction of sp³-hybridized carbons (Fsp3) is 0.591. The van der Waals surface area contributed by atoms with Crippen LogP contribution < -0.4 is 10.1 Å². The van der Waals surface area contributed by atoms with Crippen LogP contribution in [0.5, 0.6) is 5.75 Å². The number of rotatable bonds is 9. The molecule has 2 aromatic rings. The zero-order valence-corrected chi connectivity index (χ0v) is 18.8. The molecule has 0 radical (unpaired) electrons. The van der Waals surface area contributed by atoms with Gasteiger partial charge >= 0.3 is 12.1 Å². The number of aromatic nitrogens is 4. The van der Waals surface area contributed by atoms with Crippen LogP contribution in [0.4, 0.5) is 4.79 Å². The van der Waals surface area contributed by atoms with Crippen LogP contribution >= 0.6 is 0 Å². The van der Waals surface area contributed by atoms with E-state index in [0.717, 1.165) is 25.7 Å². The number of carboxylic acids is 1. The van der Waals surface area contributed by atoms with Crippen molar-refractivity contribution in [2.24, 2.45) is 13.0 Å². The zero-order valence-electron chi connectivity index (χ0n) is 18.8. The molecule has 1 aliphatic carbocycles. The van der Waals surface area contributed by atoms with E-state index in [0.29, 0.717) is 48.0 Å². The van der Waals surface area contributed by atoms with Gasteiger partial charge in [-0.1, -0.05) is 18.6 Å². The minimum absolute atomic E-state index is 0.133. The highest BCUT2D eigenvalue weighted by atomic mass is 16.5.